The van der Waals surface area contributed by atoms with Crippen LogP contribution in [0.3, 0.4) is 0 Å². The lowest BCUT2D eigenvalue weighted by molar-refractivity contribution is -0.254. The molecule has 22 heavy (non-hydrogen) atoms. The van der Waals surface area contributed by atoms with Crippen LogP contribution in [-0.2, 0) is 4.74 Å². The topological polar surface area (TPSA) is 94.5 Å². The lowest BCUT2D eigenvalue weighted by Gasteiger charge is -2.16. The molecule has 0 aliphatic heterocycles. The number of carbonyl (C=O) groups is 1. The second kappa shape index (κ2) is 7.40. The second-order valence-electron chi connectivity index (χ2n) is 4.67. The number of nitrogens with one attached hydrogen (secondary N) is 1. The van der Waals surface area contributed by atoms with E-state index in [1.807, 2.05) is 6.92 Å². The van der Waals surface area contributed by atoms with E-state index in [2.05, 4.69) is 10.3 Å². The van der Waals surface area contributed by atoms with Gasteiger partial charge >= 0.3 is 0 Å². The van der Waals surface area contributed by atoms with Crippen molar-refractivity contribution in [1.29, 1.82) is 0 Å². The molecule has 0 aliphatic rings. The van der Waals surface area contributed by atoms with Gasteiger partial charge in [-0.15, -0.1) is 0 Å². The summed E-state index contributed by atoms with van der Waals surface area (Å²) in [6.45, 7) is 2.73. The fraction of sp³-hybridized carbons (Fsp3) is 0.333. The molecule has 7 heteroatoms. The molecule has 0 atom stereocenters. The number of ether oxygens (including phenoxy) is 1. The first-order valence-electron chi connectivity index (χ1n) is 6.78. The number of hydrogen-bond acceptors (Lipinski definition) is 6. The van der Waals surface area contributed by atoms with E-state index in [9.17, 15) is 9.90 Å². The molecule has 2 N–H and O–H groups in total. The van der Waals surface area contributed by atoms with Crippen LogP contribution in [0.1, 0.15) is 15.9 Å². The minimum atomic E-state index is -1.30. The molecule has 0 aliphatic carbocycles. The quantitative estimate of drug-likeness (QED) is 0.738. The number of halogens is 1. The van der Waals surface area contributed by atoms with Gasteiger partial charge in [0.25, 0.3) is 0 Å². The van der Waals surface area contributed by atoms with Crippen LogP contribution in [0.4, 0.5) is 5.69 Å². The molecule has 0 bridgehead atoms. The van der Waals surface area contributed by atoms with Gasteiger partial charge in [-0.05, 0) is 24.6 Å². The Morgan fingerprint density at radius 1 is 1.45 bits per heavy atom. The molecule has 1 aromatic carbocycles. The normalized spacial score (nSPS) is 10.9. The highest BCUT2D eigenvalue weighted by Gasteiger charge is 2.12. The van der Waals surface area contributed by atoms with Gasteiger partial charge in [0.15, 0.2) is 0 Å². The van der Waals surface area contributed by atoms with E-state index in [4.69, 9.17) is 21.4 Å². The molecule has 0 spiro atoms. The number of aliphatic hydroxyl groups excluding tert-OH is 1. The summed E-state index contributed by atoms with van der Waals surface area (Å²) in [4.78, 5) is 15.4. The number of aromatic nitrogens is 1. The smallest absolute Gasteiger partial charge is 0.0767 e. The van der Waals surface area contributed by atoms with Crippen molar-refractivity contribution in [2.24, 2.45) is 0 Å². The Balaban J connectivity index is 2.37. The van der Waals surface area contributed by atoms with Gasteiger partial charge < -0.3 is 25.1 Å². The van der Waals surface area contributed by atoms with Gasteiger partial charge in [0.2, 0.25) is 0 Å². The maximum atomic E-state index is 11.3. The molecule has 0 fully saturated rings. The van der Waals surface area contributed by atoms with Crippen molar-refractivity contribution < 1.29 is 19.7 Å². The lowest BCUT2D eigenvalue weighted by Crippen LogP contribution is -2.25. The molecule has 0 saturated carbocycles. The van der Waals surface area contributed by atoms with Crippen molar-refractivity contribution in [3.05, 3.63) is 34.5 Å². The number of carbonyl (C=O) groups excluding carboxylic acids is 1. The number of benzene rings is 1. The first kappa shape index (κ1) is 16.5. The number of carboxylic acid groups (broad SMARTS) is 1. The number of aliphatic hydroxyl groups is 1. The number of rotatable bonds is 7. The van der Waals surface area contributed by atoms with Crippen LogP contribution in [0, 0.1) is 6.92 Å². The Morgan fingerprint density at radius 2 is 2.23 bits per heavy atom. The molecule has 0 radical (unpaired) electrons. The fourth-order valence-corrected chi connectivity index (χ4v) is 2.29. The molecule has 0 unspecified atom stereocenters. The number of aromatic carboxylic acids is 1. The maximum Gasteiger partial charge on any atom is 0.0767 e. The van der Waals surface area contributed by atoms with E-state index < -0.39 is 5.97 Å². The summed E-state index contributed by atoms with van der Waals surface area (Å²) in [6, 6.07) is 3.43. The van der Waals surface area contributed by atoms with Crippen LogP contribution in [0.25, 0.3) is 10.9 Å². The van der Waals surface area contributed by atoms with E-state index in [-0.39, 0.29) is 18.8 Å². The van der Waals surface area contributed by atoms with Crippen LogP contribution < -0.4 is 10.4 Å². The molecule has 2 aromatic rings. The van der Waals surface area contributed by atoms with Gasteiger partial charge in [-0.25, -0.2) is 0 Å². The van der Waals surface area contributed by atoms with E-state index in [0.717, 1.165) is 5.56 Å². The largest absolute Gasteiger partial charge is 0.545 e. The summed E-state index contributed by atoms with van der Waals surface area (Å²) in [5.41, 5.74) is 1.83. The van der Waals surface area contributed by atoms with Crippen molar-refractivity contribution in [3.8, 4) is 0 Å². The van der Waals surface area contributed by atoms with Gasteiger partial charge in [0.05, 0.1) is 37.0 Å². The highest BCUT2D eigenvalue weighted by atomic mass is 35.5. The van der Waals surface area contributed by atoms with Gasteiger partial charge in [0.1, 0.15) is 0 Å². The van der Waals surface area contributed by atoms with Crippen LogP contribution >= 0.6 is 11.6 Å². The van der Waals surface area contributed by atoms with E-state index in [0.29, 0.717) is 34.8 Å². The number of anilines is 1. The van der Waals surface area contributed by atoms with Crippen molar-refractivity contribution in [2.45, 2.75) is 6.92 Å². The average Bonchev–Trinajstić information content (AvgIpc) is 2.50. The van der Waals surface area contributed by atoms with Crippen LogP contribution in [0.2, 0.25) is 5.02 Å². The Morgan fingerprint density at radius 3 is 2.91 bits per heavy atom. The van der Waals surface area contributed by atoms with Crippen LogP contribution in [0.5, 0.6) is 0 Å². The Bertz CT molecular complexity index is 691. The first-order chi connectivity index (χ1) is 10.6. The first-order valence-corrected chi connectivity index (χ1v) is 7.15. The van der Waals surface area contributed by atoms with Gasteiger partial charge in [-0.3, -0.25) is 4.98 Å². The monoisotopic (exact) mass is 323 g/mol. The number of pyridine rings is 1. The van der Waals surface area contributed by atoms with Gasteiger partial charge in [-0.2, -0.15) is 0 Å². The van der Waals surface area contributed by atoms with Gasteiger partial charge in [0, 0.05) is 28.7 Å². The molecule has 1 heterocycles. The van der Waals surface area contributed by atoms with Crippen molar-refractivity contribution >= 4 is 34.2 Å². The Labute approximate surface area is 132 Å². The summed E-state index contributed by atoms with van der Waals surface area (Å²) >= 11 is 6.07. The van der Waals surface area contributed by atoms with Gasteiger partial charge in [-0.1, -0.05) is 11.6 Å². The van der Waals surface area contributed by atoms with E-state index in [1.165, 1.54) is 6.20 Å². The number of carboxylic acids is 1. The molecular weight excluding hydrogens is 308 g/mol. The molecular formula is C15H16ClN2O4-. The zero-order valence-corrected chi connectivity index (χ0v) is 12.8. The van der Waals surface area contributed by atoms with E-state index in [1.54, 1.807) is 12.1 Å². The third kappa shape index (κ3) is 3.47. The number of nitrogens with zero attached hydrogens (tertiary/aromatic N) is 1. The average molecular weight is 324 g/mol. The van der Waals surface area contributed by atoms with Crippen LogP contribution in [0.15, 0.2) is 18.3 Å². The highest BCUT2D eigenvalue weighted by Crippen LogP contribution is 2.30. The molecule has 118 valence electrons. The predicted octanol–water partition coefficient (Wildman–Crippen LogP) is 0.981. The Kier molecular flexibility index (Phi) is 5.54. The van der Waals surface area contributed by atoms with Crippen LogP contribution in [-0.4, -0.2) is 42.4 Å². The summed E-state index contributed by atoms with van der Waals surface area (Å²) in [6.07, 6.45) is 1.26. The highest BCUT2D eigenvalue weighted by molar-refractivity contribution is 6.32. The van der Waals surface area contributed by atoms with Crippen molar-refractivity contribution in [1.82, 2.24) is 4.98 Å². The minimum absolute atomic E-state index is 0.0172. The molecule has 1 aromatic heterocycles. The SMILES string of the molecule is Cc1c(Cl)ccc2c(NCCOCCO)c(C(=O)[O-])cnc12. The zero-order chi connectivity index (χ0) is 16.1. The zero-order valence-electron chi connectivity index (χ0n) is 12.1. The maximum absolute atomic E-state index is 11.3. The molecule has 0 amide bonds. The van der Waals surface area contributed by atoms with Crippen molar-refractivity contribution in [3.63, 3.8) is 0 Å². The summed E-state index contributed by atoms with van der Waals surface area (Å²) in [5.74, 6) is -1.30. The molecule has 2 rings (SSSR count). The number of aryl methyl sites for hydroxylation is 1. The number of fused-ring (bicyclic) bond motifs is 1. The summed E-state index contributed by atoms with van der Waals surface area (Å²) in [5, 5.41) is 24.2. The molecule has 6 nitrogen and oxygen atoms in total. The van der Waals surface area contributed by atoms with E-state index >= 15 is 0 Å². The standard InChI is InChI=1S/C15H17ClN2O4/c1-9-12(16)3-2-10-13(9)18-8-11(15(20)21)14(10)17-4-6-22-7-5-19/h2-3,8,19H,4-7H2,1H3,(H,17,18)(H,20,21)/p-1. The molecule has 0 saturated heterocycles. The summed E-state index contributed by atoms with van der Waals surface area (Å²) in [7, 11) is 0. The minimum Gasteiger partial charge on any atom is -0.545 e. The third-order valence-electron chi connectivity index (χ3n) is 3.23. The summed E-state index contributed by atoms with van der Waals surface area (Å²) < 4.78 is 5.15. The Hall–Kier alpha value is -1.89. The number of hydrogen-bond donors (Lipinski definition) is 2. The fourth-order valence-electron chi connectivity index (χ4n) is 2.14. The lowest BCUT2D eigenvalue weighted by atomic mass is 10.1. The predicted molar refractivity (Wildman–Crippen MR) is 82.2 cm³/mol. The second-order valence-corrected chi connectivity index (χ2v) is 5.07. The van der Waals surface area contributed by atoms with Crippen molar-refractivity contribution in [2.75, 3.05) is 31.7 Å². The third-order valence-corrected chi connectivity index (χ3v) is 3.64.